The van der Waals surface area contributed by atoms with E-state index in [1.165, 1.54) is 0 Å². The molecule has 124 valence electrons. The van der Waals surface area contributed by atoms with Crippen molar-refractivity contribution in [3.05, 3.63) is 17.6 Å². The van der Waals surface area contributed by atoms with Crippen LogP contribution in [0.4, 0.5) is 5.82 Å². The van der Waals surface area contributed by atoms with Gasteiger partial charge in [-0.25, -0.2) is 9.97 Å². The molecule has 0 aliphatic carbocycles. The van der Waals surface area contributed by atoms with E-state index in [0.717, 1.165) is 38.2 Å². The first-order valence-corrected chi connectivity index (χ1v) is 8.00. The summed E-state index contributed by atoms with van der Waals surface area (Å²) in [6, 6.07) is 1.78. The molecule has 1 aromatic heterocycles. The molecule has 0 aliphatic rings. The summed E-state index contributed by atoms with van der Waals surface area (Å²) < 4.78 is 4.97. The van der Waals surface area contributed by atoms with E-state index in [2.05, 4.69) is 34.0 Å². The average Bonchev–Trinajstić information content (AvgIpc) is 2.50. The van der Waals surface area contributed by atoms with E-state index >= 15 is 0 Å². The van der Waals surface area contributed by atoms with Gasteiger partial charge in [-0.1, -0.05) is 13.8 Å². The summed E-state index contributed by atoms with van der Waals surface area (Å²) in [5.41, 5.74) is 0.428. The summed E-state index contributed by atoms with van der Waals surface area (Å²) in [7, 11) is 1.65. The van der Waals surface area contributed by atoms with Crippen molar-refractivity contribution in [3.8, 4) is 0 Å². The molecule has 0 bridgehead atoms. The Kier molecular flexibility index (Phi) is 8.43. The minimum Gasteiger partial charge on any atom is -0.385 e. The van der Waals surface area contributed by atoms with E-state index in [-0.39, 0.29) is 5.91 Å². The van der Waals surface area contributed by atoms with Crippen molar-refractivity contribution in [1.29, 1.82) is 0 Å². The molecule has 0 fully saturated rings. The van der Waals surface area contributed by atoms with E-state index in [1.54, 1.807) is 13.2 Å². The minimum absolute atomic E-state index is 0.157. The zero-order valence-corrected chi connectivity index (χ0v) is 14.2. The van der Waals surface area contributed by atoms with Gasteiger partial charge in [-0.3, -0.25) is 4.79 Å². The van der Waals surface area contributed by atoms with Crippen LogP contribution in [0.1, 0.15) is 49.4 Å². The van der Waals surface area contributed by atoms with Crippen LogP contribution in [-0.2, 0) is 4.74 Å². The van der Waals surface area contributed by atoms with Crippen molar-refractivity contribution in [2.24, 2.45) is 0 Å². The minimum atomic E-state index is -0.157. The quantitative estimate of drug-likeness (QED) is 0.671. The van der Waals surface area contributed by atoms with Crippen LogP contribution in [0.25, 0.3) is 0 Å². The molecule has 0 saturated heterocycles. The Labute approximate surface area is 133 Å². The third kappa shape index (κ3) is 5.97. The Hall–Kier alpha value is -1.69. The van der Waals surface area contributed by atoms with Gasteiger partial charge < -0.3 is 15.0 Å². The summed E-state index contributed by atoms with van der Waals surface area (Å²) in [5.74, 6) is 1.30. The van der Waals surface area contributed by atoms with Gasteiger partial charge in [0.1, 0.15) is 17.3 Å². The van der Waals surface area contributed by atoms with E-state index in [4.69, 9.17) is 4.74 Å². The lowest BCUT2D eigenvalue weighted by molar-refractivity contribution is 0.0943. The first kappa shape index (κ1) is 18.4. The molecule has 0 unspecified atom stereocenters. The highest BCUT2D eigenvalue weighted by atomic mass is 16.5. The number of carbonyl (C=O) groups is 1. The molecule has 1 aromatic rings. The number of ether oxygens (including phenoxy) is 1. The Morgan fingerprint density at radius 2 is 1.95 bits per heavy atom. The lowest BCUT2D eigenvalue weighted by atomic mass is 10.3. The summed E-state index contributed by atoms with van der Waals surface area (Å²) in [6.45, 7) is 9.17. The lowest BCUT2D eigenvalue weighted by Crippen LogP contribution is -2.29. The Bertz CT molecular complexity index is 459. The van der Waals surface area contributed by atoms with Crippen LogP contribution in [0.2, 0.25) is 0 Å². The SMILES string of the molecule is CCCN(CCC)c1cc(C(=O)NCCCOC)nc(C)n1. The van der Waals surface area contributed by atoms with Crippen LogP contribution in [0.5, 0.6) is 0 Å². The third-order valence-electron chi connectivity index (χ3n) is 3.18. The monoisotopic (exact) mass is 308 g/mol. The molecule has 6 nitrogen and oxygen atoms in total. The maximum absolute atomic E-state index is 12.2. The fourth-order valence-electron chi connectivity index (χ4n) is 2.22. The second-order valence-electron chi connectivity index (χ2n) is 5.25. The summed E-state index contributed by atoms with van der Waals surface area (Å²) >= 11 is 0. The van der Waals surface area contributed by atoms with E-state index < -0.39 is 0 Å². The number of hydrogen-bond acceptors (Lipinski definition) is 5. The van der Waals surface area contributed by atoms with E-state index in [9.17, 15) is 4.79 Å². The van der Waals surface area contributed by atoms with Crippen molar-refractivity contribution in [2.45, 2.75) is 40.0 Å². The number of aromatic nitrogens is 2. The predicted molar refractivity (Wildman–Crippen MR) is 88.4 cm³/mol. The fourth-order valence-corrected chi connectivity index (χ4v) is 2.22. The van der Waals surface area contributed by atoms with Gasteiger partial charge >= 0.3 is 0 Å². The second kappa shape index (κ2) is 10.1. The molecule has 0 aromatic carbocycles. The second-order valence-corrected chi connectivity index (χ2v) is 5.25. The van der Waals surface area contributed by atoms with Crippen molar-refractivity contribution in [3.63, 3.8) is 0 Å². The summed E-state index contributed by atoms with van der Waals surface area (Å²) in [4.78, 5) is 23.1. The number of anilines is 1. The molecule has 1 N–H and O–H groups in total. The van der Waals surface area contributed by atoms with Crippen molar-refractivity contribution in [1.82, 2.24) is 15.3 Å². The van der Waals surface area contributed by atoms with Gasteiger partial charge in [0.25, 0.3) is 5.91 Å². The van der Waals surface area contributed by atoms with Crippen LogP contribution >= 0.6 is 0 Å². The molecule has 0 aliphatic heterocycles. The van der Waals surface area contributed by atoms with Gasteiger partial charge in [0, 0.05) is 39.4 Å². The number of amides is 1. The Balaban J connectivity index is 2.81. The number of aryl methyl sites for hydroxylation is 1. The van der Waals surface area contributed by atoms with Crippen molar-refractivity contribution >= 4 is 11.7 Å². The van der Waals surface area contributed by atoms with Gasteiger partial charge in [0.05, 0.1) is 0 Å². The maximum Gasteiger partial charge on any atom is 0.270 e. The zero-order chi connectivity index (χ0) is 16.4. The van der Waals surface area contributed by atoms with Gasteiger partial charge in [0.2, 0.25) is 0 Å². The number of nitrogens with zero attached hydrogens (tertiary/aromatic N) is 3. The fraction of sp³-hybridized carbons (Fsp3) is 0.688. The number of methoxy groups -OCH3 is 1. The predicted octanol–water partition coefficient (Wildman–Crippen LogP) is 2.18. The molecule has 1 rings (SSSR count). The Morgan fingerprint density at radius 1 is 1.27 bits per heavy atom. The molecular formula is C16H28N4O2. The van der Waals surface area contributed by atoms with Gasteiger partial charge in [-0.05, 0) is 26.2 Å². The standard InChI is InChI=1S/C16H28N4O2/c1-5-9-20(10-6-2)15-12-14(18-13(3)19-15)16(21)17-8-7-11-22-4/h12H,5-11H2,1-4H3,(H,17,21). The van der Waals surface area contributed by atoms with E-state index in [1.807, 2.05) is 6.92 Å². The molecular weight excluding hydrogens is 280 g/mol. The third-order valence-corrected chi connectivity index (χ3v) is 3.18. The highest BCUT2D eigenvalue weighted by molar-refractivity contribution is 5.92. The molecule has 0 radical (unpaired) electrons. The van der Waals surface area contributed by atoms with E-state index in [0.29, 0.717) is 24.7 Å². The molecule has 1 heterocycles. The highest BCUT2D eigenvalue weighted by Crippen LogP contribution is 2.14. The molecule has 0 atom stereocenters. The van der Waals surface area contributed by atoms with Gasteiger partial charge in [-0.2, -0.15) is 0 Å². The molecule has 0 spiro atoms. The van der Waals surface area contributed by atoms with Crippen LogP contribution in [0.3, 0.4) is 0 Å². The number of carbonyl (C=O) groups excluding carboxylic acids is 1. The molecule has 22 heavy (non-hydrogen) atoms. The van der Waals surface area contributed by atoms with Crippen LogP contribution in [0.15, 0.2) is 6.07 Å². The lowest BCUT2D eigenvalue weighted by Gasteiger charge is -2.23. The number of rotatable bonds is 10. The number of nitrogens with one attached hydrogen (secondary N) is 1. The number of hydrogen-bond donors (Lipinski definition) is 1. The van der Waals surface area contributed by atoms with Crippen LogP contribution in [-0.4, -0.2) is 49.2 Å². The Morgan fingerprint density at radius 3 is 2.55 bits per heavy atom. The largest absolute Gasteiger partial charge is 0.385 e. The van der Waals surface area contributed by atoms with Crippen molar-refractivity contribution < 1.29 is 9.53 Å². The molecule has 0 saturated carbocycles. The first-order chi connectivity index (χ1) is 10.6. The topological polar surface area (TPSA) is 67.4 Å². The first-order valence-electron chi connectivity index (χ1n) is 8.00. The summed E-state index contributed by atoms with van der Waals surface area (Å²) in [6.07, 6.45) is 2.88. The highest BCUT2D eigenvalue weighted by Gasteiger charge is 2.13. The zero-order valence-electron chi connectivity index (χ0n) is 14.2. The smallest absolute Gasteiger partial charge is 0.270 e. The summed E-state index contributed by atoms with van der Waals surface area (Å²) in [5, 5.41) is 2.86. The normalized spacial score (nSPS) is 10.5. The van der Waals surface area contributed by atoms with Gasteiger partial charge in [0.15, 0.2) is 0 Å². The average molecular weight is 308 g/mol. The molecule has 6 heteroatoms. The van der Waals surface area contributed by atoms with Crippen molar-refractivity contribution in [2.75, 3.05) is 38.3 Å². The molecule has 1 amide bonds. The van der Waals surface area contributed by atoms with Gasteiger partial charge in [-0.15, -0.1) is 0 Å². The maximum atomic E-state index is 12.2. The van der Waals surface area contributed by atoms with Crippen LogP contribution in [0, 0.1) is 6.92 Å². The van der Waals surface area contributed by atoms with Crippen LogP contribution < -0.4 is 10.2 Å².